The molecule has 0 aliphatic carbocycles. The summed E-state index contributed by atoms with van der Waals surface area (Å²) >= 11 is 0. The van der Waals surface area contributed by atoms with E-state index in [1.54, 1.807) is 12.1 Å². The lowest BCUT2D eigenvalue weighted by atomic mass is 10.1. The molecule has 1 rings (SSSR count). The van der Waals surface area contributed by atoms with Crippen LogP contribution in [0.4, 0.5) is 4.39 Å². The van der Waals surface area contributed by atoms with Gasteiger partial charge in [0, 0.05) is 13.0 Å². The Bertz CT molecular complexity index is 393. The van der Waals surface area contributed by atoms with Crippen LogP contribution in [0.3, 0.4) is 0 Å². The van der Waals surface area contributed by atoms with Crippen LogP contribution in [0.25, 0.3) is 0 Å². The minimum Gasteiger partial charge on any atom is -0.377 e. The predicted molar refractivity (Wildman–Crippen MR) is 73.4 cm³/mol. The first-order valence-electron chi connectivity index (χ1n) is 6.71. The average molecular weight is 267 g/mol. The summed E-state index contributed by atoms with van der Waals surface area (Å²) in [7, 11) is 0. The lowest BCUT2D eigenvalue weighted by Crippen LogP contribution is -2.27. The van der Waals surface area contributed by atoms with E-state index in [-0.39, 0.29) is 17.8 Å². The SMILES string of the molecule is CC(C)OCCNC(=O)CCCc1ccccc1F. The maximum atomic E-state index is 13.3. The van der Waals surface area contributed by atoms with Crippen LogP contribution >= 0.6 is 0 Å². The van der Waals surface area contributed by atoms with Gasteiger partial charge in [0.05, 0.1) is 12.7 Å². The second kappa shape index (κ2) is 8.64. The van der Waals surface area contributed by atoms with Gasteiger partial charge in [-0.05, 0) is 38.3 Å². The van der Waals surface area contributed by atoms with Crippen molar-refractivity contribution in [1.29, 1.82) is 0 Å². The Kier molecular flexibility index (Phi) is 7.11. The Morgan fingerprint density at radius 1 is 1.37 bits per heavy atom. The lowest BCUT2D eigenvalue weighted by Gasteiger charge is -2.08. The molecule has 1 N–H and O–H groups in total. The number of halogens is 1. The number of hydrogen-bond donors (Lipinski definition) is 1. The molecule has 0 saturated heterocycles. The fourth-order valence-corrected chi connectivity index (χ4v) is 1.71. The third-order valence-corrected chi connectivity index (χ3v) is 2.68. The highest BCUT2D eigenvalue weighted by atomic mass is 19.1. The minimum atomic E-state index is -0.201. The molecule has 0 radical (unpaired) electrons. The zero-order chi connectivity index (χ0) is 14.1. The normalized spacial score (nSPS) is 10.7. The first-order valence-corrected chi connectivity index (χ1v) is 6.71. The third kappa shape index (κ3) is 6.91. The van der Waals surface area contributed by atoms with Gasteiger partial charge in [0.2, 0.25) is 5.91 Å². The molecule has 1 amide bonds. The van der Waals surface area contributed by atoms with Crippen LogP contribution in [0.2, 0.25) is 0 Å². The molecular weight excluding hydrogens is 245 g/mol. The van der Waals surface area contributed by atoms with Crippen LogP contribution in [0.5, 0.6) is 0 Å². The highest BCUT2D eigenvalue weighted by molar-refractivity contribution is 5.75. The molecule has 106 valence electrons. The number of benzene rings is 1. The van der Waals surface area contributed by atoms with Crippen molar-refractivity contribution in [3.63, 3.8) is 0 Å². The van der Waals surface area contributed by atoms with E-state index in [1.165, 1.54) is 6.07 Å². The maximum absolute atomic E-state index is 13.3. The van der Waals surface area contributed by atoms with Gasteiger partial charge in [-0.15, -0.1) is 0 Å². The van der Waals surface area contributed by atoms with Crippen molar-refractivity contribution in [2.45, 2.75) is 39.2 Å². The summed E-state index contributed by atoms with van der Waals surface area (Å²) in [6.07, 6.45) is 1.83. The lowest BCUT2D eigenvalue weighted by molar-refractivity contribution is -0.121. The van der Waals surface area contributed by atoms with Gasteiger partial charge in [-0.25, -0.2) is 4.39 Å². The number of hydrogen-bond acceptors (Lipinski definition) is 2. The molecule has 0 unspecified atom stereocenters. The molecule has 0 aliphatic heterocycles. The topological polar surface area (TPSA) is 38.3 Å². The first-order chi connectivity index (χ1) is 9.09. The van der Waals surface area contributed by atoms with Gasteiger partial charge in [-0.3, -0.25) is 4.79 Å². The molecule has 1 aromatic rings. The van der Waals surface area contributed by atoms with Crippen molar-refractivity contribution < 1.29 is 13.9 Å². The number of carbonyl (C=O) groups is 1. The summed E-state index contributed by atoms with van der Waals surface area (Å²) in [4.78, 5) is 11.5. The number of ether oxygens (including phenoxy) is 1. The monoisotopic (exact) mass is 267 g/mol. The number of amides is 1. The molecule has 4 heteroatoms. The summed E-state index contributed by atoms with van der Waals surface area (Å²) in [6, 6.07) is 6.67. The van der Waals surface area contributed by atoms with Crippen LogP contribution in [0, 0.1) is 5.82 Å². The van der Waals surface area contributed by atoms with E-state index in [0.717, 1.165) is 0 Å². The van der Waals surface area contributed by atoms with Gasteiger partial charge in [0.1, 0.15) is 5.82 Å². The molecular formula is C15H22FNO2. The Labute approximate surface area is 114 Å². The molecule has 3 nitrogen and oxygen atoms in total. The van der Waals surface area contributed by atoms with E-state index < -0.39 is 0 Å². The summed E-state index contributed by atoms with van der Waals surface area (Å²) in [6.45, 7) is 4.96. The van der Waals surface area contributed by atoms with Crippen LogP contribution in [-0.4, -0.2) is 25.2 Å². The number of aryl methyl sites for hydroxylation is 1. The second-order valence-electron chi connectivity index (χ2n) is 4.71. The van der Waals surface area contributed by atoms with Crippen LogP contribution in [-0.2, 0) is 16.0 Å². The fourth-order valence-electron chi connectivity index (χ4n) is 1.71. The van der Waals surface area contributed by atoms with Gasteiger partial charge in [0.15, 0.2) is 0 Å². The molecule has 0 spiro atoms. The van der Waals surface area contributed by atoms with E-state index in [2.05, 4.69) is 5.32 Å². The van der Waals surface area contributed by atoms with Crippen LogP contribution in [0.1, 0.15) is 32.3 Å². The molecule has 0 aromatic heterocycles. The van der Waals surface area contributed by atoms with Crippen LogP contribution < -0.4 is 5.32 Å². The molecule has 19 heavy (non-hydrogen) atoms. The van der Waals surface area contributed by atoms with Crippen molar-refractivity contribution in [2.75, 3.05) is 13.2 Å². The smallest absolute Gasteiger partial charge is 0.220 e. The standard InChI is InChI=1S/C15H22FNO2/c1-12(2)19-11-10-17-15(18)9-5-7-13-6-3-4-8-14(13)16/h3-4,6,8,12H,5,7,9-11H2,1-2H3,(H,17,18). The van der Waals surface area contributed by atoms with Crippen molar-refractivity contribution in [3.05, 3.63) is 35.6 Å². The molecule has 0 bridgehead atoms. The van der Waals surface area contributed by atoms with Gasteiger partial charge in [0.25, 0.3) is 0 Å². The molecule has 0 heterocycles. The molecule has 0 atom stereocenters. The average Bonchev–Trinajstić information content (AvgIpc) is 2.37. The highest BCUT2D eigenvalue weighted by Crippen LogP contribution is 2.09. The Balaban J connectivity index is 2.12. The molecule has 1 aromatic carbocycles. The second-order valence-corrected chi connectivity index (χ2v) is 4.71. The molecule has 0 fully saturated rings. The van der Waals surface area contributed by atoms with E-state index in [1.807, 2.05) is 19.9 Å². The van der Waals surface area contributed by atoms with Crippen molar-refractivity contribution in [3.8, 4) is 0 Å². The quantitative estimate of drug-likeness (QED) is 0.735. The summed E-state index contributed by atoms with van der Waals surface area (Å²) in [5.74, 6) is -0.211. The van der Waals surface area contributed by atoms with Gasteiger partial charge in [-0.2, -0.15) is 0 Å². The molecule has 0 aliphatic rings. The Morgan fingerprint density at radius 2 is 2.11 bits per heavy atom. The van der Waals surface area contributed by atoms with Crippen LogP contribution in [0.15, 0.2) is 24.3 Å². The minimum absolute atomic E-state index is 0.0105. The summed E-state index contributed by atoms with van der Waals surface area (Å²) in [5, 5.41) is 2.78. The largest absolute Gasteiger partial charge is 0.377 e. The zero-order valence-electron chi connectivity index (χ0n) is 11.6. The summed E-state index contributed by atoms with van der Waals surface area (Å²) in [5.41, 5.74) is 0.665. The van der Waals surface area contributed by atoms with E-state index in [9.17, 15) is 9.18 Å². The Hall–Kier alpha value is -1.42. The summed E-state index contributed by atoms with van der Waals surface area (Å²) < 4.78 is 18.6. The fraction of sp³-hybridized carbons (Fsp3) is 0.533. The van der Waals surface area contributed by atoms with Gasteiger partial charge >= 0.3 is 0 Å². The van der Waals surface area contributed by atoms with E-state index in [4.69, 9.17) is 4.74 Å². The third-order valence-electron chi connectivity index (χ3n) is 2.68. The van der Waals surface area contributed by atoms with Crippen molar-refractivity contribution >= 4 is 5.91 Å². The predicted octanol–water partition coefficient (Wildman–Crippen LogP) is 2.69. The van der Waals surface area contributed by atoms with Crippen molar-refractivity contribution in [2.24, 2.45) is 0 Å². The molecule has 0 saturated carbocycles. The highest BCUT2D eigenvalue weighted by Gasteiger charge is 2.04. The van der Waals surface area contributed by atoms with Gasteiger partial charge in [-0.1, -0.05) is 18.2 Å². The number of rotatable bonds is 8. The number of carbonyl (C=O) groups excluding carboxylic acids is 1. The number of nitrogens with one attached hydrogen (secondary N) is 1. The van der Waals surface area contributed by atoms with E-state index in [0.29, 0.717) is 38.0 Å². The first kappa shape index (κ1) is 15.6. The van der Waals surface area contributed by atoms with Crippen molar-refractivity contribution in [1.82, 2.24) is 5.32 Å². The van der Waals surface area contributed by atoms with E-state index >= 15 is 0 Å². The maximum Gasteiger partial charge on any atom is 0.220 e. The zero-order valence-corrected chi connectivity index (χ0v) is 11.6. The Morgan fingerprint density at radius 3 is 2.79 bits per heavy atom. The van der Waals surface area contributed by atoms with Gasteiger partial charge < -0.3 is 10.1 Å².